The van der Waals surface area contributed by atoms with Gasteiger partial charge in [-0.05, 0) is 6.92 Å². The van der Waals surface area contributed by atoms with Gasteiger partial charge in [-0.3, -0.25) is 0 Å². The number of hydrogen-bond donors (Lipinski definition) is 1. The van der Waals surface area contributed by atoms with E-state index in [1.54, 1.807) is 14.0 Å². The predicted octanol–water partition coefficient (Wildman–Crippen LogP) is 0.0468. The van der Waals surface area contributed by atoms with E-state index < -0.39 is 6.10 Å². The Bertz CT molecular complexity index is 85.1. The fourth-order valence-corrected chi connectivity index (χ4v) is 0.616. The maximum atomic E-state index is 8.81. The van der Waals surface area contributed by atoms with E-state index in [1.807, 2.05) is 0 Å². The summed E-state index contributed by atoms with van der Waals surface area (Å²) in [5, 5.41) is 8.81. The average Bonchev–Trinajstić information content (AvgIpc) is 2.02. The van der Waals surface area contributed by atoms with Crippen LogP contribution in [-0.4, -0.2) is 51.4 Å². The summed E-state index contributed by atoms with van der Waals surface area (Å²) in [6, 6.07) is 0. The Morgan fingerprint density at radius 3 is 2.25 bits per heavy atom. The number of hydrogen-bond acceptors (Lipinski definition) is 4. The molecular weight excluding hydrogens is 160 g/mol. The largest absolute Gasteiger partial charge is 0.391 e. The van der Waals surface area contributed by atoms with Crippen LogP contribution in [0.1, 0.15) is 6.92 Å². The summed E-state index contributed by atoms with van der Waals surface area (Å²) < 4.78 is 15.0. The lowest BCUT2D eigenvalue weighted by atomic mass is 10.4. The Morgan fingerprint density at radius 1 is 1.08 bits per heavy atom. The Hall–Kier alpha value is -0.160. The molecule has 0 unspecified atom stereocenters. The molecule has 74 valence electrons. The number of aliphatic hydroxyl groups excluding tert-OH is 1. The molecule has 0 saturated heterocycles. The van der Waals surface area contributed by atoms with Crippen LogP contribution in [-0.2, 0) is 14.2 Å². The first-order valence-electron chi connectivity index (χ1n) is 4.10. The van der Waals surface area contributed by atoms with Crippen LogP contribution in [0.5, 0.6) is 0 Å². The number of aliphatic hydroxyl groups is 1. The second-order valence-electron chi connectivity index (χ2n) is 2.53. The molecule has 0 radical (unpaired) electrons. The highest BCUT2D eigenvalue weighted by atomic mass is 16.5. The summed E-state index contributed by atoms with van der Waals surface area (Å²) in [6.07, 6.45) is -0.399. The minimum Gasteiger partial charge on any atom is -0.391 e. The van der Waals surface area contributed by atoms with Crippen LogP contribution < -0.4 is 0 Å². The highest BCUT2D eigenvalue weighted by molar-refractivity contribution is 4.40. The van der Waals surface area contributed by atoms with Crippen LogP contribution in [0, 0.1) is 0 Å². The van der Waals surface area contributed by atoms with Gasteiger partial charge in [0.2, 0.25) is 0 Å². The standard InChI is InChI=1S/C8H18O4/c1-8(9)7-12-6-5-11-4-3-10-2/h8-9H,3-7H2,1-2H3/t8-/m0/s1. The molecule has 0 aromatic heterocycles. The second kappa shape index (κ2) is 8.93. The molecule has 0 aromatic rings. The smallest absolute Gasteiger partial charge is 0.0745 e. The first kappa shape index (κ1) is 11.8. The molecule has 0 heterocycles. The quantitative estimate of drug-likeness (QED) is 0.533. The summed E-state index contributed by atoms with van der Waals surface area (Å²) in [4.78, 5) is 0. The van der Waals surface area contributed by atoms with Crippen LogP contribution in [0.3, 0.4) is 0 Å². The van der Waals surface area contributed by atoms with Gasteiger partial charge < -0.3 is 19.3 Å². The molecule has 1 atom stereocenters. The van der Waals surface area contributed by atoms with Crippen LogP contribution in [0.15, 0.2) is 0 Å². The molecule has 0 aliphatic heterocycles. The van der Waals surface area contributed by atoms with Gasteiger partial charge in [-0.25, -0.2) is 0 Å². The number of methoxy groups -OCH3 is 1. The molecular formula is C8H18O4. The van der Waals surface area contributed by atoms with E-state index >= 15 is 0 Å². The van der Waals surface area contributed by atoms with Crippen molar-refractivity contribution in [1.29, 1.82) is 0 Å². The third kappa shape index (κ3) is 9.84. The number of ether oxygens (including phenoxy) is 3. The summed E-state index contributed by atoms with van der Waals surface area (Å²) in [5.41, 5.74) is 0. The van der Waals surface area contributed by atoms with Crippen LogP contribution >= 0.6 is 0 Å². The van der Waals surface area contributed by atoms with E-state index in [-0.39, 0.29) is 0 Å². The van der Waals surface area contributed by atoms with Crippen molar-refractivity contribution in [1.82, 2.24) is 0 Å². The van der Waals surface area contributed by atoms with Crippen molar-refractivity contribution in [3.05, 3.63) is 0 Å². The zero-order valence-electron chi connectivity index (χ0n) is 7.78. The van der Waals surface area contributed by atoms with Gasteiger partial charge >= 0.3 is 0 Å². The van der Waals surface area contributed by atoms with Crippen molar-refractivity contribution < 1.29 is 19.3 Å². The van der Waals surface area contributed by atoms with Gasteiger partial charge in [-0.15, -0.1) is 0 Å². The summed E-state index contributed by atoms with van der Waals surface area (Å²) >= 11 is 0. The van der Waals surface area contributed by atoms with E-state index in [0.717, 1.165) is 0 Å². The molecule has 0 saturated carbocycles. The Kier molecular flexibility index (Phi) is 8.81. The van der Waals surface area contributed by atoms with Gasteiger partial charge in [-0.2, -0.15) is 0 Å². The molecule has 0 spiro atoms. The number of rotatable bonds is 8. The van der Waals surface area contributed by atoms with E-state index in [1.165, 1.54) is 0 Å². The Labute approximate surface area is 73.4 Å². The lowest BCUT2D eigenvalue weighted by molar-refractivity contribution is -0.000868. The first-order chi connectivity index (χ1) is 5.77. The fraction of sp³-hybridized carbons (Fsp3) is 1.00. The van der Waals surface area contributed by atoms with Gasteiger partial charge in [0.05, 0.1) is 39.1 Å². The molecule has 1 N–H and O–H groups in total. The maximum absolute atomic E-state index is 8.81. The van der Waals surface area contributed by atoms with Gasteiger partial charge in [0.25, 0.3) is 0 Å². The normalized spacial score (nSPS) is 13.2. The van der Waals surface area contributed by atoms with Crippen molar-refractivity contribution in [3.63, 3.8) is 0 Å². The SMILES string of the molecule is COCCOCCOC[C@H](C)O. The topological polar surface area (TPSA) is 47.9 Å². The van der Waals surface area contributed by atoms with Gasteiger partial charge in [0, 0.05) is 7.11 Å². The average molecular weight is 178 g/mol. The van der Waals surface area contributed by atoms with Crippen LogP contribution in [0.4, 0.5) is 0 Å². The molecule has 12 heavy (non-hydrogen) atoms. The highest BCUT2D eigenvalue weighted by Crippen LogP contribution is 1.83. The molecule has 0 amide bonds. The van der Waals surface area contributed by atoms with Gasteiger partial charge in [-0.1, -0.05) is 0 Å². The third-order valence-corrected chi connectivity index (χ3v) is 1.16. The van der Waals surface area contributed by atoms with Crippen LogP contribution in [0.2, 0.25) is 0 Å². The van der Waals surface area contributed by atoms with E-state index in [0.29, 0.717) is 33.0 Å². The third-order valence-electron chi connectivity index (χ3n) is 1.16. The van der Waals surface area contributed by atoms with E-state index in [4.69, 9.17) is 19.3 Å². The Balaban J connectivity index is 2.82. The molecule has 0 rings (SSSR count). The summed E-state index contributed by atoms with van der Waals surface area (Å²) in [7, 11) is 1.63. The monoisotopic (exact) mass is 178 g/mol. The minimum atomic E-state index is -0.399. The minimum absolute atomic E-state index is 0.369. The predicted molar refractivity (Wildman–Crippen MR) is 45.2 cm³/mol. The Morgan fingerprint density at radius 2 is 1.67 bits per heavy atom. The van der Waals surface area contributed by atoms with E-state index in [9.17, 15) is 0 Å². The van der Waals surface area contributed by atoms with Gasteiger partial charge in [0.15, 0.2) is 0 Å². The van der Waals surface area contributed by atoms with Crippen molar-refractivity contribution in [3.8, 4) is 0 Å². The van der Waals surface area contributed by atoms with Crippen molar-refractivity contribution in [2.45, 2.75) is 13.0 Å². The lowest BCUT2D eigenvalue weighted by Gasteiger charge is -2.06. The molecule has 4 nitrogen and oxygen atoms in total. The molecule has 0 bridgehead atoms. The van der Waals surface area contributed by atoms with Crippen molar-refractivity contribution in [2.75, 3.05) is 40.1 Å². The first-order valence-corrected chi connectivity index (χ1v) is 4.10. The van der Waals surface area contributed by atoms with Crippen LogP contribution in [0.25, 0.3) is 0 Å². The molecule has 0 aliphatic rings. The second-order valence-corrected chi connectivity index (χ2v) is 2.53. The van der Waals surface area contributed by atoms with Crippen molar-refractivity contribution in [2.24, 2.45) is 0 Å². The maximum Gasteiger partial charge on any atom is 0.0745 e. The lowest BCUT2D eigenvalue weighted by Crippen LogP contribution is -2.14. The highest BCUT2D eigenvalue weighted by Gasteiger charge is 1.94. The molecule has 0 aromatic carbocycles. The zero-order chi connectivity index (χ0) is 9.23. The van der Waals surface area contributed by atoms with E-state index in [2.05, 4.69) is 0 Å². The summed E-state index contributed by atoms with van der Waals surface area (Å²) in [6.45, 7) is 4.33. The summed E-state index contributed by atoms with van der Waals surface area (Å²) in [5.74, 6) is 0. The fourth-order valence-electron chi connectivity index (χ4n) is 0.616. The molecule has 4 heteroatoms. The zero-order valence-corrected chi connectivity index (χ0v) is 7.78. The van der Waals surface area contributed by atoms with Crippen molar-refractivity contribution >= 4 is 0 Å². The van der Waals surface area contributed by atoms with Gasteiger partial charge in [0.1, 0.15) is 0 Å². The molecule has 0 fully saturated rings. The molecule has 0 aliphatic carbocycles.